The third-order valence-corrected chi connectivity index (χ3v) is 3.41. The Balaban J connectivity index is 2.22. The molecule has 1 aromatic carbocycles. The molecule has 0 radical (unpaired) electrons. The normalized spacial score (nSPS) is 12.8. The number of hydrogen-bond acceptors (Lipinski definition) is 2. The largest absolute Gasteiger partial charge is 0.472 e. The van der Waals surface area contributed by atoms with Gasteiger partial charge in [-0.05, 0) is 36.1 Å². The summed E-state index contributed by atoms with van der Waals surface area (Å²) in [5.74, 6) is 0.574. The number of hydrogen-bond donors (Lipinski definition) is 1. The molecule has 0 aliphatic heterocycles. The van der Waals surface area contributed by atoms with Crippen molar-refractivity contribution in [3.05, 3.63) is 59.5 Å². The Hall–Kier alpha value is -1.54. The molecule has 2 nitrogen and oxygen atoms in total. The molecule has 2 aromatic rings. The van der Waals surface area contributed by atoms with Crippen LogP contribution in [-0.4, -0.2) is 6.54 Å². The zero-order valence-electron chi connectivity index (χ0n) is 12.0. The monoisotopic (exact) mass is 257 g/mol. The summed E-state index contributed by atoms with van der Waals surface area (Å²) in [5.41, 5.74) is 3.86. The second kappa shape index (κ2) is 6.58. The van der Waals surface area contributed by atoms with E-state index in [-0.39, 0.29) is 6.04 Å². The fourth-order valence-corrected chi connectivity index (χ4v) is 2.23. The smallest absolute Gasteiger partial charge is 0.0953 e. The molecule has 1 atom stereocenters. The molecule has 0 saturated heterocycles. The third kappa shape index (κ3) is 3.48. The third-order valence-electron chi connectivity index (χ3n) is 3.41. The lowest BCUT2D eigenvalue weighted by atomic mass is 9.96. The molecule has 19 heavy (non-hydrogen) atoms. The van der Waals surface area contributed by atoms with Crippen molar-refractivity contribution < 1.29 is 4.42 Å². The van der Waals surface area contributed by atoms with E-state index in [0.29, 0.717) is 5.92 Å². The average molecular weight is 257 g/mol. The van der Waals surface area contributed by atoms with Gasteiger partial charge in [0, 0.05) is 5.56 Å². The first-order valence-electron chi connectivity index (χ1n) is 7.07. The van der Waals surface area contributed by atoms with Crippen LogP contribution < -0.4 is 5.32 Å². The van der Waals surface area contributed by atoms with Gasteiger partial charge >= 0.3 is 0 Å². The molecule has 0 aliphatic carbocycles. The highest BCUT2D eigenvalue weighted by atomic mass is 16.3. The fourth-order valence-electron chi connectivity index (χ4n) is 2.23. The Kier molecular flexibility index (Phi) is 4.80. The predicted octanol–water partition coefficient (Wildman–Crippen LogP) is 4.49. The van der Waals surface area contributed by atoms with Gasteiger partial charge in [0.1, 0.15) is 0 Å². The lowest BCUT2D eigenvalue weighted by Gasteiger charge is -2.18. The highest BCUT2D eigenvalue weighted by Crippen LogP contribution is 2.24. The van der Waals surface area contributed by atoms with Crippen LogP contribution in [-0.2, 0) is 0 Å². The van der Waals surface area contributed by atoms with Crippen molar-refractivity contribution in [1.29, 1.82) is 0 Å². The van der Waals surface area contributed by atoms with Gasteiger partial charge in [-0.2, -0.15) is 0 Å². The molecule has 0 aliphatic rings. The van der Waals surface area contributed by atoms with Crippen LogP contribution in [0.5, 0.6) is 0 Å². The molecule has 0 saturated carbocycles. The van der Waals surface area contributed by atoms with Gasteiger partial charge in [0.15, 0.2) is 0 Å². The van der Waals surface area contributed by atoms with Crippen LogP contribution in [0.4, 0.5) is 0 Å². The molecule has 102 valence electrons. The van der Waals surface area contributed by atoms with E-state index < -0.39 is 0 Å². The van der Waals surface area contributed by atoms with E-state index in [1.807, 2.05) is 12.3 Å². The average Bonchev–Trinajstić information content (AvgIpc) is 2.94. The number of rotatable bonds is 6. The van der Waals surface area contributed by atoms with E-state index in [9.17, 15) is 0 Å². The van der Waals surface area contributed by atoms with Gasteiger partial charge in [0.25, 0.3) is 0 Å². The highest BCUT2D eigenvalue weighted by Gasteiger charge is 2.14. The summed E-state index contributed by atoms with van der Waals surface area (Å²) in [6, 6.07) is 11.1. The number of benzene rings is 1. The van der Waals surface area contributed by atoms with Gasteiger partial charge in [-0.25, -0.2) is 0 Å². The van der Waals surface area contributed by atoms with Crippen molar-refractivity contribution in [1.82, 2.24) is 5.32 Å². The van der Waals surface area contributed by atoms with Gasteiger partial charge in [-0.1, -0.05) is 45.0 Å². The summed E-state index contributed by atoms with van der Waals surface area (Å²) in [6.45, 7) is 7.62. The van der Waals surface area contributed by atoms with E-state index in [4.69, 9.17) is 4.42 Å². The highest BCUT2D eigenvalue weighted by molar-refractivity contribution is 5.32. The fraction of sp³-hybridized carbons (Fsp3) is 0.412. The minimum absolute atomic E-state index is 0.222. The first kappa shape index (κ1) is 13.9. The van der Waals surface area contributed by atoms with Crippen molar-refractivity contribution in [3.63, 3.8) is 0 Å². The Morgan fingerprint density at radius 2 is 1.68 bits per heavy atom. The molecule has 0 bridgehead atoms. The zero-order chi connectivity index (χ0) is 13.7. The van der Waals surface area contributed by atoms with Gasteiger partial charge in [-0.3, -0.25) is 0 Å². The summed E-state index contributed by atoms with van der Waals surface area (Å²) >= 11 is 0. The van der Waals surface area contributed by atoms with Crippen LogP contribution in [0, 0.1) is 0 Å². The molecular weight excluding hydrogens is 234 g/mol. The van der Waals surface area contributed by atoms with E-state index in [2.05, 4.69) is 50.4 Å². The quantitative estimate of drug-likeness (QED) is 0.824. The molecule has 1 heterocycles. The van der Waals surface area contributed by atoms with Crippen molar-refractivity contribution in [2.45, 2.75) is 39.2 Å². The Bertz CT molecular complexity index is 470. The lowest BCUT2D eigenvalue weighted by molar-refractivity contribution is 0.548. The second-order valence-electron chi connectivity index (χ2n) is 5.27. The second-order valence-corrected chi connectivity index (χ2v) is 5.27. The van der Waals surface area contributed by atoms with E-state index >= 15 is 0 Å². The Morgan fingerprint density at radius 1 is 1.00 bits per heavy atom. The number of furan rings is 1. The van der Waals surface area contributed by atoms with Crippen LogP contribution in [0.2, 0.25) is 0 Å². The van der Waals surface area contributed by atoms with Crippen LogP contribution in [0.15, 0.2) is 47.3 Å². The van der Waals surface area contributed by atoms with E-state index in [0.717, 1.165) is 13.0 Å². The van der Waals surface area contributed by atoms with E-state index in [1.165, 1.54) is 16.7 Å². The van der Waals surface area contributed by atoms with Gasteiger partial charge in [0.05, 0.1) is 18.6 Å². The van der Waals surface area contributed by atoms with Crippen LogP contribution in [0.1, 0.15) is 55.8 Å². The molecule has 1 N–H and O–H groups in total. The van der Waals surface area contributed by atoms with Crippen LogP contribution >= 0.6 is 0 Å². The molecule has 0 spiro atoms. The minimum Gasteiger partial charge on any atom is -0.472 e. The summed E-state index contributed by atoms with van der Waals surface area (Å²) < 4.78 is 5.22. The van der Waals surface area contributed by atoms with Crippen molar-refractivity contribution >= 4 is 0 Å². The molecule has 0 amide bonds. The van der Waals surface area contributed by atoms with Gasteiger partial charge in [-0.15, -0.1) is 0 Å². The SMILES string of the molecule is CCCNC(c1ccc(C(C)C)cc1)c1ccoc1. The van der Waals surface area contributed by atoms with Crippen LogP contribution in [0.25, 0.3) is 0 Å². The summed E-state index contributed by atoms with van der Waals surface area (Å²) in [4.78, 5) is 0. The summed E-state index contributed by atoms with van der Waals surface area (Å²) in [6.07, 6.45) is 4.68. The topological polar surface area (TPSA) is 25.2 Å². The molecular formula is C17H23NO. The van der Waals surface area contributed by atoms with E-state index in [1.54, 1.807) is 6.26 Å². The van der Waals surface area contributed by atoms with Crippen molar-refractivity contribution in [3.8, 4) is 0 Å². The number of nitrogens with one attached hydrogen (secondary N) is 1. The molecule has 2 heteroatoms. The predicted molar refractivity (Wildman–Crippen MR) is 79.4 cm³/mol. The molecule has 1 unspecified atom stereocenters. The minimum atomic E-state index is 0.222. The lowest BCUT2D eigenvalue weighted by Crippen LogP contribution is -2.22. The summed E-state index contributed by atoms with van der Waals surface area (Å²) in [7, 11) is 0. The Morgan fingerprint density at radius 3 is 2.21 bits per heavy atom. The summed E-state index contributed by atoms with van der Waals surface area (Å²) in [5, 5.41) is 3.58. The van der Waals surface area contributed by atoms with Crippen molar-refractivity contribution in [2.75, 3.05) is 6.54 Å². The van der Waals surface area contributed by atoms with Gasteiger partial charge in [0.2, 0.25) is 0 Å². The molecule has 0 fully saturated rings. The maximum Gasteiger partial charge on any atom is 0.0953 e. The molecule has 2 rings (SSSR count). The van der Waals surface area contributed by atoms with Crippen LogP contribution in [0.3, 0.4) is 0 Å². The maximum absolute atomic E-state index is 5.22. The van der Waals surface area contributed by atoms with Gasteiger partial charge < -0.3 is 9.73 Å². The van der Waals surface area contributed by atoms with Crippen molar-refractivity contribution in [2.24, 2.45) is 0 Å². The molecule has 1 aromatic heterocycles. The Labute approximate surface area is 115 Å². The standard InChI is InChI=1S/C17H23NO/c1-4-10-18-17(16-9-11-19-12-16)15-7-5-14(6-8-15)13(2)3/h5-9,11-13,17-18H,4,10H2,1-3H3. The first-order valence-corrected chi connectivity index (χ1v) is 7.07. The maximum atomic E-state index is 5.22. The first-order chi connectivity index (χ1) is 9.22. The zero-order valence-corrected chi connectivity index (χ0v) is 12.0.